The molecule has 2 atom stereocenters. The van der Waals surface area contributed by atoms with E-state index in [2.05, 4.69) is 37.3 Å². The number of likely N-dealkylation sites (tertiary alicyclic amines) is 1. The molecule has 1 aliphatic heterocycles. The van der Waals surface area contributed by atoms with Crippen LogP contribution in [0.4, 0.5) is 0 Å². The van der Waals surface area contributed by atoms with Crippen molar-refractivity contribution < 1.29 is 14.3 Å². The van der Waals surface area contributed by atoms with E-state index < -0.39 is 0 Å². The largest absolute Gasteiger partial charge is 0.497 e. The maximum Gasteiger partial charge on any atom is 0.233 e. The normalized spacial score (nSPS) is 24.3. The highest BCUT2D eigenvalue weighted by Gasteiger charge is 2.53. The molecule has 1 saturated heterocycles. The second kappa shape index (κ2) is 8.02. The van der Waals surface area contributed by atoms with Gasteiger partial charge in [-0.3, -0.25) is 14.5 Å². The summed E-state index contributed by atoms with van der Waals surface area (Å²) in [7, 11) is 1.65. The number of aryl methyl sites for hydroxylation is 1. The lowest BCUT2D eigenvalue weighted by Crippen LogP contribution is -2.57. The molecule has 0 bridgehead atoms. The van der Waals surface area contributed by atoms with Gasteiger partial charge in [-0.15, -0.1) is 0 Å². The molecule has 0 N–H and O–H groups in total. The molecule has 1 aliphatic carbocycles. The van der Waals surface area contributed by atoms with Crippen LogP contribution in [-0.2, 0) is 21.4 Å². The van der Waals surface area contributed by atoms with Gasteiger partial charge in [0.15, 0.2) is 0 Å². The molecule has 29 heavy (non-hydrogen) atoms. The van der Waals surface area contributed by atoms with Crippen LogP contribution in [0.2, 0.25) is 0 Å². The smallest absolute Gasteiger partial charge is 0.233 e. The fraction of sp³-hybridized carbons (Fsp3) is 0.440. The lowest BCUT2D eigenvalue weighted by Gasteiger charge is -2.49. The fourth-order valence-electron chi connectivity index (χ4n) is 5.10. The molecule has 0 spiro atoms. The van der Waals surface area contributed by atoms with Crippen LogP contribution in [0, 0.1) is 12.8 Å². The first-order valence-electron chi connectivity index (χ1n) is 10.6. The molecule has 1 saturated carbocycles. The first-order chi connectivity index (χ1) is 14.0. The molecule has 2 unspecified atom stereocenters. The van der Waals surface area contributed by atoms with Crippen molar-refractivity contribution in [1.29, 1.82) is 0 Å². The van der Waals surface area contributed by atoms with Gasteiger partial charge in [-0.1, -0.05) is 54.8 Å². The number of fused-ring (bicyclic) bond motifs is 1. The van der Waals surface area contributed by atoms with Gasteiger partial charge in [-0.2, -0.15) is 0 Å². The Hall–Kier alpha value is -2.62. The van der Waals surface area contributed by atoms with E-state index in [9.17, 15) is 9.59 Å². The predicted octanol–water partition coefficient (Wildman–Crippen LogP) is 4.43. The van der Waals surface area contributed by atoms with Gasteiger partial charge in [0.05, 0.1) is 7.11 Å². The quantitative estimate of drug-likeness (QED) is 0.708. The highest BCUT2D eigenvalue weighted by atomic mass is 16.5. The van der Waals surface area contributed by atoms with Gasteiger partial charge in [-0.05, 0) is 49.4 Å². The Morgan fingerprint density at radius 1 is 1.10 bits per heavy atom. The zero-order chi connectivity index (χ0) is 20.4. The average Bonchev–Trinajstić information content (AvgIpc) is 2.75. The standard InChI is InChI=1S/C25H29NO3/c1-18-9-11-19(12-10-18)13-15-26-23(27)17-25(14-4-3-8-22(25)24(26)28)20-6-5-7-21(16-20)29-2/h5-7,9-12,16,22H,3-4,8,13-15,17H2,1-2H3. The number of piperidine rings is 1. The van der Waals surface area contributed by atoms with Crippen LogP contribution < -0.4 is 4.74 Å². The third kappa shape index (κ3) is 3.68. The fourth-order valence-corrected chi connectivity index (χ4v) is 5.10. The second-order valence-electron chi connectivity index (χ2n) is 8.48. The van der Waals surface area contributed by atoms with Crippen LogP contribution >= 0.6 is 0 Å². The van der Waals surface area contributed by atoms with Crippen LogP contribution in [-0.4, -0.2) is 30.4 Å². The van der Waals surface area contributed by atoms with Crippen molar-refractivity contribution >= 4 is 11.8 Å². The van der Waals surface area contributed by atoms with Crippen LogP contribution in [0.3, 0.4) is 0 Å². The van der Waals surface area contributed by atoms with Crippen molar-refractivity contribution in [3.8, 4) is 5.75 Å². The van der Waals surface area contributed by atoms with Crippen LogP contribution in [0.5, 0.6) is 5.75 Å². The number of amides is 2. The summed E-state index contributed by atoms with van der Waals surface area (Å²) < 4.78 is 5.41. The zero-order valence-electron chi connectivity index (χ0n) is 17.3. The Balaban J connectivity index is 1.59. The average molecular weight is 392 g/mol. The van der Waals surface area contributed by atoms with Gasteiger partial charge < -0.3 is 4.74 Å². The van der Waals surface area contributed by atoms with Crippen molar-refractivity contribution in [1.82, 2.24) is 4.90 Å². The number of methoxy groups -OCH3 is 1. The molecule has 4 heteroatoms. The van der Waals surface area contributed by atoms with Gasteiger partial charge in [0.1, 0.15) is 5.75 Å². The molecule has 1 heterocycles. The molecule has 0 radical (unpaired) electrons. The number of benzene rings is 2. The van der Waals surface area contributed by atoms with Gasteiger partial charge in [0.2, 0.25) is 11.8 Å². The number of carbonyl (C=O) groups is 2. The van der Waals surface area contributed by atoms with E-state index in [1.54, 1.807) is 7.11 Å². The molecule has 2 amide bonds. The monoisotopic (exact) mass is 391 g/mol. The minimum absolute atomic E-state index is 0.0101. The molecule has 2 aromatic carbocycles. The third-order valence-corrected chi connectivity index (χ3v) is 6.75. The number of hydrogen-bond donors (Lipinski definition) is 0. The number of carbonyl (C=O) groups excluding carboxylic acids is 2. The summed E-state index contributed by atoms with van der Waals surface area (Å²) in [6.45, 7) is 2.52. The SMILES string of the molecule is COc1cccc(C23CCCCC2C(=O)N(CCc2ccc(C)cc2)C(=O)C3)c1. The maximum atomic E-state index is 13.5. The van der Waals surface area contributed by atoms with Gasteiger partial charge >= 0.3 is 0 Å². The minimum Gasteiger partial charge on any atom is -0.497 e. The van der Waals surface area contributed by atoms with Gasteiger partial charge in [0.25, 0.3) is 0 Å². The zero-order valence-corrected chi connectivity index (χ0v) is 17.3. The van der Waals surface area contributed by atoms with Crippen LogP contribution in [0.25, 0.3) is 0 Å². The number of hydrogen-bond acceptors (Lipinski definition) is 3. The molecule has 2 aromatic rings. The van der Waals surface area contributed by atoms with Crippen molar-refractivity contribution in [2.24, 2.45) is 5.92 Å². The third-order valence-electron chi connectivity index (χ3n) is 6.75. The van der Waals surface area contributed by atoms with Crippen molar-refractivity contribution in [3.05, 3.63) is 65.2 Å². The molecule has 152 valence electrons. The highest BCUT2D eigenvalue weighted by molar-refractivity contribution is 6.01. The Morgan fingerprint density at radius 3 is 2.66 bits per heavy atom. The lowest BCUT2D eigenvalue weighted by molar-refractivity contribution is -0.157. The van der Waals surface area contributed by atoms with Crippen molar-refractivity contribution in [3.63, 3.8) is 0 Å². The molecule has 0 aromatic heterocycles. The first-order valence-corrected chi connectivity index (χ1v) is 10.6. The van der Waals surface area contributed by atoms with E-state index in [0.717, 1.165) is 42.6 Å². The number of nitrogens with zero attached hydrogens (tertiary/aromatic N) is 1. The van der Waals surface area contributed by atoms with E-state index in [1.807, 2.05) is 18.2 Å². The van der Waals surface area contributed by atoms with Crippen LogP contribution in [0.1, 0.15) is 48.8 Å². The van der Waals surface area contributed by atoms with Crippen molar-refractivity contribution in [2.45, 2.75) is 50.9 Å². The maximum absolute atomic E-state index is 13.5. The molecular formula is C25H29NO3. The Bertz CT molecular complexity index is 905. The summed E-state index contributed by atoms with van der Waals surface area (Å²) in [6.07, 6.45) is 4.94. The Kier molecular flexibility index (Phi) is 5.44. The van der Waals surface area contributed by atoms with E-state index in [-0.39, 0.29) is 23.1 Å². The van der Waals surface area contributed by atoms with Crippen LogP contribution in [0.15, 0.2) is 48.5 Å². The topological polar surface area (TPSA) is 46.6 Å². The number of ether oxygens (including phenoxy) is 1. The van der Waals surface area contributed by atoms with E-state index in [4.69, 9.17) is 4.74 Å². The summed E-state index contributed by atoms with van der Waals surface area (Å²) in [6, 6.07) is 16.3. The summed E-state index contributed by atoms with van der Waals surface area (Å²) in [5, 5.41) is 0. The summed E-state index contributed by atoms with van der Waals surface area (Å²) in [5.74, 6) is 0.626. The number of rotatable bonds is 5. The summed E-state index contributed by atoms with van der Waals surface area (Å²) in [5.41, 5.74) is 3.05. The molecule has 4 rings (SSSR count). The minimum atomic E-state index is -0.388. The highest BCUT2D eigenvalue weighted by Crippen LogP contribution is 2.50. The summed E-state index contributed by atoms with van der Waals surface area (Å²) in [4.78, 5) is 28.1. The van der Waals surface area contributed by atoms with E-state index >= 15 is 0 Å². The lowest BCUT2D eigenvalue weighted by atomic mass is 9.58. The first kappa shape index (κ1) is 19.7. The second-order valence-corrected chi connectivity index (χ2v) is 8.48. The molecule has 2 fully saturated rings. The molecule has 2 aliphatic rings. The molecular weight excluding hydrogens is 362 g/mol. The Labute approximate surface area is 172 Å². The predicted molar refractivity (Wildman–Crippen MR) is 113 cm³/mol. The van der Waals surface area contributed by atoms with E-state index in [1.165, 1.54) is 10.5 Å². The van der Waals surface area contributed by atoms with Gasteiger partial charge in [-0.25, -0.2) is 0 Å². The van der Waals surface area contributed by atoms with Gasteiger partial charge in [0, 0.05) is 24.3 Å². The van der Waals surface area contributed by atoms with E-state index in [0.29, 0.717) is 19.4 Å². The summed E-state index contributed by atoms with van der Waals surface area (Å²) >= 11 is 0. The molecule has 4 nitrogen and oxygen atoms in total. The van der Waals surface area contributed by atoms with Crippen molar-refractivity contribution in [2.75, 3.05) is 13.7 Å². The Morgan fingerprint density at radius 2 is 1.90 bits per heavy atom. The number of imide groups is 1.